The fourth-order valence-electron chi connectivity index (χ4n) is 1.22. The van der Waals surface area contributed by atoms with Crippen molar-refractivity contribution in [2.24, 2.45) is 0 Å². The number of nitrogens with one attached hydrogen (secondary N) is 1. The summed E-state index contributed by atoms with van der Waals surface area (Å²) in [4.78, 5) is 0.294. The van der Waals surface area contributed by atoms with Crippen molar-refractivity contribution in [3.63, 3.8) is 0 Å². The van der Waals surface area contributed by atoms with Gasteiger partial charge in [-0.05, 0) is 26.0 Å². The van der Waals surface area contributed by atoms with Gasteiger partial charge in [0.05, 0.1) is 4.90 Å². The van der Waals surface area contributed by atoms with Crippen molar-refractivity contribution >= 4 is 10.0 Å². The maximum Gasteiger partial charge on any atom is 0.240 e. The average molecular weight is 251 g/mol. The van der Waals surface area contributed by atoms with Crippen molar-refractivity contribution < 1.29 is 8.42 Å². The maximum atomic E-state index is 11.8. The molecule has 17 heavy (non-hydrogen) atoms. The molecular formula is C13H17NO2S. The Bertz CT molecular complexity index is 499. The first-order valence-corrected chi connectivity index (χ1v) is 6.89. The third-order valence-electron chi connectivity index (χ3n) is 2.16. The molecule has 1 aromatic rings. The summed E-state index contributed by atoms with van der Waals surface area (Å²) in [6, 6.07) is 6.77. The molecule has 0 unspecified atom stereocenters. The van der Waals surface area contributed by atoms with Crippen molar-refractivity contribution in [3.8, 4) is 0 Å². The van der Waals surface area contributed by atoms with E-state index >= 15 is 0 Å². The molecule has 0 bridgehead atoms. The Balaban J connectivity index is 2.66. The van der Waals surface area contributed by atoms with Crippen LogP contribution in [-0.2, 0) is 10.0 Å². The molecule has 1 aromatic carbocycles. The molecule has 1 N–H and O–H groups in total. The summed E-state index contributed by atoms with van der Waals surface area (Å²) >= 11 is 0. The molecule has 0 saturated heterocycles. The maximum absolute atomic E-state index is 11.8. The Hall–Kier alpha value is -1.39. The topological polar surface area (TPSA) is 46.2 Å². The number of hydrogen-bond acceptors (Lipinski definition) is 2. The highest BCUT2D eigenvalue weighted by molar-refractivity contribution is 7.89. The van der Waals surface area contributed by atoms with Crippen LogP contribution in [0.25, 0.3) is 0 Å². The number of allylic oxidation sites excluding steroid dienone is 3. The summed E-state index contributed by atoms with van der Waals surface area (Å²) in [5.74, 6) is 0. The van der Waals surface area contributed by atoms with E-state index in [9.17, 15) is 8.42 Å². The van der Waals surface area contributed by atoms with Gasteiger partial charge >= 0.3 is 0 Å². The van der Waals surface area contributed by atoms with Crippen LogP contribution in [0.15, 0.2) is 53.5 Å². The molecular weight excluding hydrogens is 234 g/mol. The largest absolute Gasteiger partial charge is 0.240 e. The fraction of sp³-hybridized carbons (Fsp3) is 0.231. The van der Waals surface area contributed by atoms with Crippen LogP contribution >= 0.6 is 0 Å². The molecule has 0 atom stereocenters. The highest BCUT2D eigenvalue weighted by Gasteiger charge is 2.11. The third kappa shape index (κ3) is 4.54. The number of sulfonamides is 1. The minimum Gasteiger partial charge on any atom is -0.207 e. The van der Waals surface area contributed by atoms with Crippen molar-refractivity contribution in [2.75, 3.05) is 6.54 Å². The molecule has 4 heteroatoms. The monoisotopic (exact) mass is 251 g/mol. The SMILES string of the molecule is C/C=C\C=C/CNS(=O)(=O)c1ccc(C)cc1. The van der Waals surface area contributed by atoms with E-state index in [1.165, 1.54) is 0 Å². The number of benzene rings is 1. The Morgan fingerprint density at radius 3 is 2.41 bits per heavy atom. The van der Waals surface area contributed by atoms with Crippen molar-refractivity contribution in [2.45, 2.75) is 18.7 Å². The highest BCUT2D eigenvalue weighted by atomic mass is 32.2. The van der Waals surface area contributed by atoms with Crippen LogP contribution in [0.1, 0.15) is 12.5 Å². The molecule has 0 aliphatic carbocycles. The molecule has 0 aliphatic rings. The van der Waals surface area contributed by atoms with Crippen molar-refractivity contribution in [1.82, 2.24) is 4.72 Å². The van der Waals surface area contributed by atoms with Crippen LogP contribution in [0.5, 0.6) is 0 Å². The molecule has 0 spiro atoms. The van der Waals surface area contributed by atoms with Gasteiger partial charge in [-0.2, -0.15) is 0 Å². The van der Waals surface area contributed by atoms with Gasteiger partial charge in [0.1, 0.15) is 0 Å². The van der Waals surface area contributed by atoms with E-state index in [-0.39, 0.29) is 0 Å². The molecule has 0 radical (unpaired) electrons. The summed E-state index contributed by atoms with van der Waals surface area (Å²) in [6.45, 7) is 4.12. The normalized spacial score (nSPS) is 12.6. The predicted octanol–water partition coefficient (Wildman–Crippen LogP) is 2.41. The first-order chi connectivity index (χ1) is 8.06. The lowest BCUT2D eigenvalue weighted by Crippen LogP contribution is -2.23. The smallest absolute Gasteiger partial charge is 0.207 e. The van der Waals surface area contributed by atoms with Gasteiger partial charge in [-0.3, -0.25) is 0 Å². The van der Waals surface area contributed by atoms with E-state index in [4.69, 9.17) is 0 Å². The molecule has 92 valence electrons. The van der Waals surface area contributed by atoms with E-state index in [0.717, 1.165) is 5.56 Å². The molecule has 1 rings (SSSR count). The van der Waals surface area contributed by atoms with Gasteiger partial charge in [0.2, 0.25) is 10.0 Å². The van der Waals surface area contributed by atoms with Crippen LogP contribution in [0.2, 0.25) is 0 Å². The van der Waals surface area contributed by atoms with Gasteiger partial charge in [-0.15, -0.1) is 0 Å². The van der Waals surface area contributed by atoms with Crippen LogP contribution < -0.4 is 4.72 Å². The van der Waals surface area contributed by atoms with Gasteiger partial charge in [0, 0.05) is 6.54 Å². The lowest BCUT2D eigenvalue weighted by atomic mass is 10.2. The molecule has 0 amide bonds. The fourth-order valence-corrected chi connectivity index (χ4v) is 2.19. The zero-order valence-electron chi connectivity index (χ0n) is 10.1. The Kier molecular flexibility index (Phi) is 5.12. The van der Waals surface area contributed by atoms with Crippen molar-refractivity contribution in [3.05, 3.63) is 54.1 Å². The molecule has 0 fully saturated rings. The summed E-state index contributed by atoms with van der Waals surface area (Å²) < 4.78 is 26.1. The van der Waals surface area contributed by atoms with Gasteiger partial charge in [-0.25, -0.2) is 13.1 Å². The summed E-state index contributed by atoms with van der Waals surface area (Å²) in [6.07, 6.45) is 7.29. The number of hydrogen-bond donors (Lipinski definition) is 1. The van der Waals surface area contributed by atoms with Gasteiger partial charge in [-0.1, -0.05) is 42.0 Å². The quantitative estimate of drug-likeness (QED) is 0.817. The van der Waals surface area contributed by atoms with E-state index < -0.39 is 10.0 Å². The molecule has 0 aromatic heterocycles. The third-order valence-corrected chi connectivity index (χ3v) is 3.60. The highest BCUT2D eigenvalue weighted by Crippen LogP contribution is 2.09. The predicted molar refractivity (Wildman–Crippen MR) is 70.3 cm³/mol. The van der Waals surface area contributed by atoms with Crippen LogP contribution in [0.4, 0.5) is 0 Å². The summed E-state index contributed by atoms with van der Waals surface area (Å²) in [5, 5.41) is 0. The standard InChI is InChI=1S/C13H17NO2S/c1-3-4-5-6-11-14-17(15,16)13-9-7-12(2)8-10-13/h3-10,14H,11H2,1-2H3/b4-3-,6-5-. The lowest BCUT2D eigenvalue weighted by molar-refractivity contribution is 0.585. The molecule has 0 saturated carbocycles. The summed E-state index contributed by atoms with van der Waals surface area (Å²) in [7, 11) is -3.39. The Morgan fingerprint density at radius 2 is 1.82 bits per heavy atom. The van der Waals surface area contributed by atoms with Gasteiger partial charge in [0.25, 0.3) is 0 Å². The van der Waals surface area contributed by atoms with Gasteiger partial charge < -0.3 is 0 Å². The average Bonchev–Trinajstić information content (AvgIpc) is 2.29. The number of aryl methyl sites for hydroxylation is 1. The van der Waals surface area contributed by atoms with E-state index in [1.807, 2.05) is 26.0 Å². The molecule has 3 nitrogen and oxygen atoms in total. The van der Waals surface area contributed by atoms with E-state index in [1.54, 1.807) is 36.4 Å². The van der Waals surface area contributed by atoms with Crippen LogP contribution in [-0.4, -0.2) is 15.0 Å². The van der Waals surface area contributed by atoms with E-state index in [2.05, 4.69) is 4.72 Å². The number of rotatable bonds is 5. The zero-order valence-corrected chi connectivity index (χ0v) is 10.9. The Morgan fingerprint density at radius 1 is 1.18 bits per heavy atom. The minimum atomic E-state index is -3.39. The Labute approximate surface area is 103 Å². The van der Waals surface area contributed by atoms with Crippen molar-refractivity contribution in [1.29, 1.82) is 0 Å². The van der Waals surface area contributed by atoms with Crippen LogP contribution in [0.3, 0.4) is 0 Å². The first kappa shape index (κ1) is 13.7. The van der Waals surface area contributed by atoms with Gasteiger partial charge in [0.15, 0.2) is 0 Å². The van der Waals surface area contributed by atoms with E-state index in [0.29, 0.717) is 11.4 Å². The second-order valence-electron chi connectivity index (χ2n) is 3.62. The van der Waals surface area contributed by atoms with Crippen LogP contribution in [0, 0.1) is 6.92 Å². The molecule has 0 aliphatic heterocycles. The minimum absolute atomic E-state index is 0.292. The second-order valence-corrected chi connectivity index (χ2v) is 5.39. The zero-order chi connectivity index (χ0) is 12.7. The molecule has 0 heterocycles. The lowest BCUT2D eigenvalue weighted by Gasteiger charge is -2.04. The first-order valence-electron chi connectivity index (χ1n) is 5.40. The second kappa shape index (κ2) is 6.37. The summed E-state index contributed by atoms with van der Waals surface area (Å²) in [5.41, 5.74) is 1.04.